The summed E-state index contributed by atoms with van der Waals surface area (Å²) in [5, 5.41) is 2.67. The number of carbonyl (C=O) groups is 2. The number of fused-ring (bicyclic) bond motifs is 1. The molecule has 0 unspecified atom stereocenters. The largest absolute Gasteiger partial charge is 0.454 e. The molecule has 0 bridgehead atoms. The van der Waals surface area contributed by atoms with E-state index >= 15 is 0 Å². The maximum atomic E-state index is 11.8. The van der Waals surface area contributed by atoms with Crippen LogP contribution < -0.4 is 20.5 Å². The standard InChI is InChI=1S/C17H16N2O5/c18-13-4-2-12(3-5-13)17(21)22-9-16(20)19-8-11-1-6-14-15(7-11)24-10-23-14/h1-7H,8-10,18H2,(H,19,20). The van der Waals surface area contributed by atoms with Gasteiger partial charge >= 0.3 is 5.97 Å². The lowest BCUT2D eigenvalue weighted by molar-refractivity contribution is -0.124. The molecule has 0 saturated carbocycles. The molecule has 7 heteroatoms. The third-order valence-electron chi connectivity index (χ3n) is 3.41. The molecule has 0 aromatic heterocycles. The first-order chi connectivity index (χ1) is 11.6. The molecule has 0 spiro atoms. The van der Waals surface area contributed by atoms with Crippen LogP contribution >= 0.6 is 0 Å². The maximum absolute atomic E-state index is 11.8. The summed E-state index contributed by atoms with van der Waals surface area (Å²) in [6.45, 7) is 0.148. The minimum Gasteiger partial charge on any atom is -0.454 e. The summed E-state index contributed by atoms with van der Waals surface area (Å²) in [4.78, 5) is 23.6. The van der Waals surface area contributed by atoms with Crippen LogP contribution in [0.25, 0.3) is 0 Å². The molecule has 124 valence electrons. The summed E-state index contributed by atoms with van der Waals surface area (Å²) in [6, 6.07) is 11.7. The number of anilines is 1. The molecule has 3 N–H and O–H groups in total. The summed E-state index contributed by atoms with van der Waals surface area (Å²) in [6.07, 6.45) is 0. The fourth-order valence-corrected chi connectivity index (χ4v) is 2.14. The molecular weight excluding hydrogens is 312 g/mol. The van der Waals surface area contributed by atoms with Crippen molar-refractivity contribution in [1.82, 2.24) is 5.32 Å². The molecule has 3 rings (SSSR count). The van der Waals surface area contributed by atoms with Gasteiger partial charge in [-0.3, -0.25) is 4.79 Å². The smallest absolute Gasteiger partial charge is 0.338 e. The van der Waals surface area contributed by atoms with E-state index in [1.54, 1.807) is 36.4 Å². The molecule has 0 saturated heterocycles. The summed E-state index contributed by atoms with van der Waals surface area (Å²) >= 11 is 0. The number of hydrogen-bond donors (Lipinski definition) is 2. The SMILES string of the molecule is Nc1ccc(C(=O)OCC(=O)NCc2ccc3c(c2)OCO3)cc1. The molecule has 1 amide bonds. The number of nitrogens with one attached hydrogen (secondary N) is 1. The summed E-state index contributed by atoms with van der Waals surface area (Å²) in [7, 11) is 0. The zero-order valence-corrected chi connectivity index (χ0v) is 12.8. The van der Waals surface area contributed by atoms with Gasteiger partial charge in [0.05, 0.1) is 5.56 Å². The minimum absolute atomic E-state index is 0.201. The Bertz CT molecular complexity index is 758. The number of esters is 1. The van der Waals surface area contributed by atoms with Crippen molar-refractivity contribution in [2.24, 2.45) is 0 Å². The first-order valence-corrected chi connectivity index (χ1v) is 7.30. The molecule has 1 aliphatic rings. The number of amides is 1. The summed E-state index contributed by atoms with van der Waals surface area (Å²) in [5.74, 6) is 0.365. The van der Waals surface area contributed by atoms with Gasteiger partial charge < -0.3 is 25.3 Å². The van der Waals surface area contributed by atoms with Gasteiger partial charge in [0.25, 0.3) is 5.91 Å². The molecule has 1 heterocycles. The average molecular weight is 328 g/mol. The molecule has 0 atom stereocenters. The van der Waals surface area contributed by atoms with Crippen LogP contribution in [0.1, 0.15) is 15.9 Å². The maximum Gasteiger partial charge on any atom is 0.338 e. The minimum atomic E-state index is -0.576. The number of nitrogens with two attached hydrogens (primary N) is 1. The highest BCUT2D eigenvalue weighted by molar-refractivity contribution is 5.91. The van der Waals surface area contributed by atoms with Crippen molar-refractivity contribution in [3.05, 3.63) is 53.6 Å². The zero-order valence-electron chi connectivity index (χ0n) is 12.8. The van der Waals surface area contributed by atoms with Crippen molar-refractivity contribution in [1.29, 1.82) is 0 Å². The summed E-state index contributed by atoms with van der Waals surface area (Å²) < 4.78 is 15.4. The molecule has 0 radical (unpaired) electrons. The highest BCUT2D eigenvalue weighted by atomic mass is 16.7. The Kier molecular flexibility index (Phi) is 4.51. The third kappa shape index (κ3) is 3.75. The quantitative estimate of drug-likeness (QED) is 0.637. The van der Waals surface area contributed by atoms with Gasteiger partial charge in [0.2, 0.25) is 6.79 Å². The molecule has 24 heavy (non-hydrogen) atoms. The van der Waals surface area contributed by atoms with Gasteiger partial charge in [0.1, 0.15) is 0 Å². The first kappa shape index (κ1) is 15.7. The second-order valence-corrected chi connectivity index (χ2v) is 5.16. The van der Waals surface area contributed by atoms with Crippen LogP contribution in [0.4, 0.5) is 5.69 Å². The Balaban J connectivity index is 1.46. The fourth-order valence-electron chi connectivity index (χ4n) is 2.14. The van der Waals surface area contributed by atoms with Crippen LogP contribution in [-0.4, -0.2) is 25.3 Å². The lowest BCUT2D eigenvalue weighted by Crippen LogP contribution is -2.28. The van der Waals surface area contributed by atoms with E-state index in [1.807, 2.05) is 6.07 Å². The third-order valence-corrected chi connectivity index (χ3v) is 3.41. The average Bonchev–Trinajstić information content (AvgIpc) is 3.06. The molecule has 0 aliphatic carbocycles. The molecule has 1 aliphatic heterocycles. The highest BCUT2D eigenvalue weighted by Crippen LogP contribution is 2.32. The molecule has 2 aromatic carbocycles. The van der Waals surface area contributed by atoms with E-state index in [-0.39, 0.29) is 13.4 Å². The lowest BCUT2D eigenvalue weighted by Gasteiger charge is -2.07. The van der Waals surface area contributed by atoms with Gasteiger partial charge in [-0.25, -0.2) is 4.79 Å². The van der Waals surface area contributed by atoms with Gasteiger partial charge in [0, 0.05) is 12.2 Å². The number of nitrogen functional groups attached to an aromatic ring is 1. The van der Waals surface area contributed by atoms with Crippen LogP contribution in [0.2, 0.25) is 0 Å². The van der Waals surface area contributed by atoms with Gasteiger partial charge in [0.15, 0.2) is 18.1 Å². The van der Waals surface area contributed by atoms with Crippen LogP contribution in [0.5, 0.6) is 11.5 Å². The number of hydrogen-bond acceptors (Lipinski definition) is 6. The van der Waals surface area contributed by atoms with E-state index in [9.17, 15) is 9.59 Å². The van der Waals surface area contributed by atoms with E-state index < -0.39 is 11.9 Å². The molecule has 0 fully saturated rings. The zero-order chi connectivity index (χ0) is 16.9. The second kappa shape index (κ2) is 6.91. The van der Waals surface area contributed by atoms with Crippen molar-refractivity contribution in [3.8, 4) is 11.5 Å². The molecule has 7 nitrogen and oxygen atoms in total. The fraction of sp³-hybridized carbons (Fsp3) is 0.176. The number of benzene rings is 2. The van der Waals surface area contributed by atoms with E-state index in [4.69, 9.17) is 19.9 Å². The first-order valence-electron chi connectivity index (χ1n) is 7.30. The number of carbonyl (C=O) groups excluding carboxylic acids is 2. The molecule has 2 aromatic rings. The van der Waals surface area contributed by atoms with Crippen molar-refractivity contribution in [2.75, 3.05) is 19.1 Å². The van der Waals surface area contributed by atoms with Crippen molar-refractivity contribution in [3.63, 3.8) is 0 Å². The monoisotopic (exact) mass is 328 g/mol. The van der Waals surface area contributed by atoms with E-state index in [0.717, 1.165) is 5.56 Å². The second-order valence-electron chi connectivity index (χ2n) is 5.16. The van der Waals surface area contributed by atoms with Crippen molar-refractivity contribution in [2.45, 2.75) is 6.54 Å². The van der Waals surface area contributed by atoms with Crippen LogP contribution in [0.3, 0.4) is 0 Å². The Morgan fingerprint density at radius 2 is 1.83 bits per heavy atom. The Morgan fingerprint density at radius 3 is 2.62 bits per heavy atom. The normalized spacial score (nSPS) is 11.8. The highest BCUT2D eigenvalue weighted by Gasteiger charge is 2.14. The molecular formula is C17H16N2O5. The van der Waals surface area contributed by atoms with Crippen LogP contribution in [0, 0.1) is 0 Å². The van der Waals surface area contributed by atoms with Gasteiger partial charge in [-0.1, -0.05) is 6.07 Å². The predicted octanol–water partition coefficient (Wildman–Crippen LogP) is 1.47. The Labute approximate surface area is 138 Å². The topological polar surface area (TPSA) is 99.9 Å². The Hall–Kier alpha value is -3.22. The van der Waals surface area contributed by atoms with Crippen LogP contribution in [0.15, 0.2) is 42.5 Å². The van der Waals surface area contributed by atoms with Gasteiger partial charge in [-0.2, -0.15) is 0 Å². The predicted molar refractivity (Wildman–Crippen MR) is 85.5 cm³/mol. The van der Waals surface area contributed by atoms with Gasteiger partial charge in [-0.05, 0) is 42.0 Å². The van der Waals surface area contributed by atoms with Gasteiger partial charge in [-0.15, -0.1) is 0 Å². The number of ether oxygens (including phenoxy) is 3. The van der Waals surface area contributed by atoms with E-state index in [2.05, 4.69) is 5.32 Å². The van der Waals surface area contributed by atoms with Crippen molar-refractivity contribution < 1.29 is 23.8 Å². The summed E-state index contributed by atoms with van der Waals surface area (Å²) in [5.41, 5.74) is 7.29. The number of rotatable bonds is 5. The Morgan fingerprint density at radius 1 is 1.08 bits per heavy atom. The van der Waals surface area contributed by atoms with E-state index in [0.29, 0.717) is 29.3 Å². The van der Waals surface area contributed by atoms with Crippen LogP contribution in [-0.2, 0) is 16.1 Å². The lowest BCUT2D eigenvalue weighted by atomic mass is 10.2. The van der Waals surface area contributed by atoms with E-state index in [1.165, 1.54) is 0 Å². The van der Waals surface area contributed by atoms with Crippen molar-refractivity contribution >= 4 is 17.6 Å².